The van der Waals surface area contributed by atoms with E-state index >= 15 is 0 Å². The van der Waals surface area contributed by atoms with Gasteiger partial charge in [-0.1, -0.05) is 32.3 Å². The van der Waals surface area contributed by atoms with Gasteiger partial charge in [-0.2, -0.15) is 10.2 Å². The Bertz CT molecular complexity index is 5080. The van der Waals surface area contributed by atoms with Gasteiger partial charge < -0.3 is 38.1 Å². The number of nitrogens with one attached hydrogen (secondary N) is 1. The van der Waals surface area contributed by atoms with Crippen LogP contribution in [-0.2, 0) is 19.8 Å². The molecule has 0 amide bonds. The monoisotopic (exact) mass is 1230 g/mol. The Morgan fingerprint density at radius 2 is 0.912 bits per heavy atom. The van der Waals surface area contributed by atoms with Gasteiger partial charge in [0, 0.05) is 111 Å². The molecule has 0 aliphatic carbocycles. The third-order valence-corrected chi connectivity index (χ3v) is 15.0. The molecule has 12 aromatic heterocycles. The number of methoxy groups -OCH3 is 4. The van der Waals surface area contributed by atoms with Gasteiger partial charge in [-0.05, 0) is 103 Å². The van der Waals surface area contributed by atoms with E-state index in [9.17, 15) is 4.79 Å². The molecule has 0 unspecified atom stereocenters. The zero-order valence-electron chi connectivity index (χ0n) is 47.9. The predicted octanol–water partition coefficient (Wildman–Crippen LogP) is 11.8. The summed E-state index contributed by atoms with van der Waals surface area (Å²) in [5.41, 5.74) is 9.75. The average Bonchev–Trinajstić information content (AvgIpc) is 2.60. The van der Waals surface area contributed by atoms with E-state index in [2.05, 4.69) is 65.7 Å². The van der Waals surface area contributed by atoms with Crippen LogP contribution in [0.2, 0.25) is 0 Å². The number of ether oxygens (including phenoxy) is 7. The molecule has 456 valence electrons. The fourth-order valence-corrected chi connectivity index (χ4v) is 10.3. The van der Waals surface area contributed by atoms with E-state index in [1.54, 1.807) is 65.5 Å². The third-order valence-electron chi connectivity index (χ3n) is 14.2. The quantitative estimate of drug-likeness (QED) is 0.0942. The molecule has 0 saturated heterocycles. The summed E-state index contributed by atoms with van der Waals surface area (Å²) >= 11 is 1.45. The number of rotatable bonds is 16. The highest BCUT2D eigenvalue weighted by Crippen LogP contribution is 2.32. The van der Waals surface area contributed by atoms with Crippen LogP contribution in [0.3, 0.4) is 0 Å². The molecule has 15 aromatic rings. The fourth-order valence-electron chi connectivity index (χ4n) is 9.64. The average molecular weight is 1240 g/mol. The number of pyridine rings is 7. The van der Waals surface area contributed by atoms with E-state index in [0.717, 1.165) is 106 Å². The highest BCUT2D eigenvalue weighted by Gasteiger charge is 2.16. The number of aromatic amines is 1. The van der Waals surface area contributed by atoms with E-state index in [4.69, 9.17) is 33.2 Å². The molecular weight excluding hydrogens is 1180 g/mol. The third kappa shape index (κ3) is 13.2. The summed E-state index contributed by atoms with van der Waals surface area (Å²) in [6.45, 7) is 0.752. The number of H-pyrrole nitrogens is 1. The van der Waals surface area contributed by atoms with Crippen molar-refractivity contribution in [1.82, 2.24) is 78.9 Å². The molecule has 3 aromatic carbocycles. The number of thiazole rings is 1. The molecule has 91 heavy (non-hydrogen) atoms. The molecule has 0 saturated carbocycles. The zero-order chi connectivity index (χ0) is 60.6. The van der Waals surface area contributed by atoms with Crippen molar-refractivity contribution >= 4 is 61.0 Å². The Morgan fingerprint density at radius 1 is 0.451 bits per heavy atom. The number of hydrogen-bond acceptors (Lipinski definition) is 21. The minimum atomic E-state index is -0.152. The summed E-state index contributed by atoms with van der Waals surface area (Å²) in [4.78, 5) is 32.1. The molecular formula is C66H58N16O8S. The number of fused-ring (bicyclic) bond motifs is 6. The van der Waals surface area contributed by atoms with Crippen LogP contribution in [0.5, 0.6) is 39.7 Å². The van der Waals surface area contributed by atoms with Crippen LogP contribution in [0, 0.1) is 0 Å². The SMILES string of the molecule is C.C.COc1ccc2c(OCc3nnc4ccc(-c5cccc(=O)[nH]5)cn34)ccnc2c1.COc1ccc2c(OCc3nnc4ccc(-c5ccnnc5)cn34)ccnc2c1.COc1ccc2c(OCc3nnc4ccc(-c5csc(OC)n5)cn34)ccnc2c1. The van der Waals surface area contributed by atoms with Crippen LogP contribution < -0.4 is 38.7 Å². The van der Waals surface area contributed by atoms with Crippen LogP contribution in [0.15, 0.2) is 193 Å². The Hall–Kier alpha value is -12.0. The van der Waals surface area contributed by atoms with Gasteiger partial charge in [0.1, 0.15) is 54.3 Å². The molecule has 0 aliphatic rings. The normalized spacial score (nSPS) is 10.9. The lowest BCUT2D eigenvalue weighted by atomic mass is 10.1. The minimum Gasteiger partial charge on any atom is -0.497 e. The molecule has 0 fully saturated rings. The van der Waals surface area contributed by atoms with Gasteiger partial charge in [0.05, 0.1) is 63.1 Å². The topological polar surface area (TPSA) is 265 Å². The first-order valence-electron chi connectivity index (χ1n) is 27.4. The first-order chi connectivity index (χ1) is 43.8. The van der Waals surface area contributed by atoms with Crippen molar-refractivity contribution in [3.8, 4) is 73.3 Å². The Balaban J connectivity index is 0.000000139. The maximum absolute atomic E-state index is 11.6. The molecule has 0 spiro atoms. The molecule has 15 rings (SSSR count). The van der Waals surface area contributed by atoms with E-state index in [1.807, 2.05) is 159 Å². The highest BCUT2D eigenvalue weighted by atomic mass is 32.1. The molecule has 0 atom stereocenters. The molecule has 24 nitrogen and oxygen atoms in total. The number of benzene rings is 3. The minimum absolute atomic E-state index is 0. The molecule has 12 heterocycles. The first-order valence-corrected chi connectivity index (χ1v) is 28.3. The Kier molecular flexibility index (Phi) is 18.3. The zero-order valence-corrected chi connectivity index (χ0v) is 48.7. The van der Waals surface area contributed by atoms with E-state index in [0.29, 0.717) is 34.1 Å². The van der Waals surface area contributed by atoms with Crippen molar-refractivity contribution in [2.45, 2.75) is 34.7 Å². The summed E-state index contributed by atoms with van der Waals surface area (Å²) in [7, 11) is 6.50. The van der Waals surface area contributed by atoms with Gasteiger partial charge in [-0.25, -0.2) is 4.98 Å². The summed E-state index contributed by atoms with van der Waals surface area (Å²) in [5, 5.41) is 38.5. The van der Waals surface area contributed by atoms with Gasteiger partial charge in [-0.15, -0.1) is 30.6 Å². The van der Waals surface area contributed by atoms with Crippen molar-refractivity contribution in [2.75, 3.05) is 28.4 Å². The van der Waals surface area contributed by atoms with Gasteiger partial charge in [-0.3, -0.25) is 32.9 Å². The summed E-state index contributed by atoms with van der Waals surface area (Å²) < 4.78 is 44.9. The van der Waals surface area contributed by atoms with E-state index in [1.165, 1.54) is 17.4 Å². The van der Waals surface area contributed by atoms with Crippen LogP contribution in [0.1, 0.15) is 32.3 Å². The van der Waals surface area contributed by atoms with Crippen molar-refractivity contribution in [1.29, 1.82) is 0 Å². The number of hydrogen-bond donors (Lipinski definition) is 1. The van der Waals surface area contributed by atoms with Crippen molar-refractivity contribution in [3.63, 3.8) is 0 Å². The van der Waals surface area contributed by atoms with Gasteiger partial charge in [0.2, 0.25) is 5.56 Å². The van der Waals surface area contributed by atoms with E-state index in [-0.39, 0.29) is 40.2 Å². The smallest absolute Gasteiger partial charge is 0.273 e. The van der Waals surface area contributed by atoms with Crippen molar-refractivity contribution < 1.29 is 33.2 Å². The lowest BCUT2D eigenvalue weighted by molar-refractivity contribution is 0.298. The molecule has 0 radical (unpaired) electrons. The maximum Gasteiger partial charge on any atom is 0.273 e. The van der Waals surface area contributed by atoms with Gasteiger partial charge >= 0.3 is 0 Å². The molecule has 1 N–H and O–H groups in total. The lowest BCUT2D eigenvalue weighted by Gasteiger charge is -2.09. The maximum atomic E-state index is 11.6. The summed E-state index contributed by atoms with van der Waals surface area (Å²) in [6.07, 6.45) is 14.3. The van der Waals surface area contributed by atoms with Crippen molar-refractivity contribution in [2.24, 2.45) is 0 Å². The number of aromatic nitrogens is 16. The number of nitrogens with zero attached hydrogens (tertiary/aromatic N) is 15. The summed E-state index contributed by atoms with van der Waals surface area (Å²) in [6, 6.07) is 41.0. The Morgan fingerprint density at radius 3 is 1.35 bits per heavy atom. The van der Waals surface area contributed by atoms with Crippen LogP contribution in [0.25, 0.3) is 83.3 Å². The van der Waals surface area contributed by atoms with Crippen LogP contribution in [0.4, 0.5) is 0 Å². The largest absolute Gasteiger partial charge is 0.497 e. The van der Waals surface area contributed by atoms with Gasteiger partial charge in [0.15, 0.2) is 34.4 Å². The van der Waals surface area contributed by atoms with Crippen LogP contribution in [-0.4, -0.2) is 107 Å². The molecule has 25 heteroatoms. The second-order valence-corrected chi connectivity index (χ2v) is 20.3. The highest BCUT2D eigenvalue weighted by molar-refractivity contribution is 7.11. The first kappa shape index (κ1) is 60.7. The van der Waals surface area contributed by atoms with Gasteiger partial charge in [0.25, 0.3) is 5.19 Å². The standard InChI is InChI=1S/C22H17N5O3.C21H16N6O2.C21H17N5O3S.2CH4/c1-29-15-6-7-16-18(11-15)23-10-9-19(16)30-13-21-26-25-20-8-5-14(12-27(20)21)17-3-2-4-22(28)24-17;1-28-16-3-4-17-18(10-16)22-8-7-19(17)29-13-21-26-25-20-5-2-15(12-27(20)21)14-6-9-23-24-11-14;1-27-14-4-5-15-16(9-14)22-8-7-18(15)29-11-20-25-24-19-6-3-13(10-26(19)20)17-12-30-21(23-17)28-2;;/h2-12H,13H2,1H3,(H,24,28);2-12H,13H2,1H3;3-10,12H,11H2,1-2H3;2*1H4. The fraction of sp³-hybridized carbons (Fsp3) is 0.136. The summed E-state index contributed by atoms with van der Waals surface area (Å²) in [5.74, 6) is 6.41. The molecule has 0 bridgehead atoms. The second kappa shape index (κ2) is 27.4. The van der Waals surface area contributed by atoms with E-state index < -0.39 is 0 Å². The van der Waals surface area contributed by atoms with Crippen molar-refractivity contribution in [3.05, 3.63) is 216 Å². The predicted molar refractivity (Wildman–Crippen MR) is 345 cm³/mol. The molecule has 0 aliphatic heterocycles. The Labute approximate surface area is 523 Å². The lowest BCUT2D eigenvalue weighted by Crippen LogP contribution is -2.05. The van der Waals surface area contributed by atoms with Crippen LogP contribution >= 0.6 is 11.3 Å². The second-order valence-electron chi connectivity index (χ2n) is 19.5.